The predicted octanol–water partition coefficient (Wildman–Crippen LogP) is 2.28. The Morgan fingerprint density at radius 2 is 1.88 bits per heavy atom. The molecule has 0 saturated heterocycles. The van der Waals surface area contributed by atoms with E-state index in [1.54, 1.807) is 13.8 Å². The Morgan fingerprint density at radius 3 is 2.50 bits per heavy atom. The maximum absolute atomic E-state index is 12.5. The van der Waals surface area contributed by atoms with Crippen LogP contribution in [-0.2, 0) is 14.8 Å². The normalized spacial score (nSPS) is 15.8. The largest absolute Gasteiger partial charge is 0.481 e. The van der Waals surface area contributed by atoms with Crippen LogP contribution >= 0.6 is 0 Å². The number of amides is 1. The molecule has 0 heterocycles. The number of benzene rings is 1. The van der Waals surface area contributed by atoms with Gasteiger partial charge in [-0.25, -0.2) is 13.1 Å². The summed E-state index contributed by atoms with van der Waals surface area (Å²) in [5.74, 6) is -1.36. The van der Waals surface area contributed by atoms with E-state index in [4.69, 9.17) is 5.11 Å². The molecule has 144 valence electrons. The van der Waals surface area contributed by atoms with Crippen LogP contribution in [0, 0.1) is 0 Å². The van der Waals surface area contributed by atoms with Gasteiger partial charge < -0.3 is 10.4 Å². The van der Waals surface area contributed by atoms with Crippen LogP contribution in [0.2, 0.25) is 0 Å². The molecule has 0 spiro atoms. The fourth-order valence-corrected chi connectivity index (χ4v) is 4.35. The third kappa shape index (κ3) is 5.81. The Labute approximate surface area is 154 Å². The molecule has 1 aromatic carbocycles. The van der Waals surface area contributed by atoms with Crippen molar-refractivity contribution < 1.29 is 23.1 Å². The van der Waals surface area contributed by atoms with Crippen LogP contribution in [-0.4, -0.2) is 37.0 Å². The van der Waals surface area contributed by atoms with E-state index in [1.807, 2.05) is 0 Å². The summed E-state index contributed by atoms with van der Waals surface area (Å²) < 4.78 is 27.7. The average molecular weight is 382 g/mol. The zero-order valence-corrected chi connectivity index (χ0v) is 15.9. The topological polar surface area (TPSA) is 113 Å². The Morgan fingerprint density at radius 1 is 1.23 bits per heavy atom. The third-order valence-corrected chi connectivity index (χ3v) is 6.02. The predicted molar refractivity (Wildman–Crippen MR) is 97.4 cm³/mol. The summed E-state index contributed by atoms with van der Waals surface area (Å²) in [6, 6.07) is 5.83. The molecule has 1 fully saturated rings. The molecule has 3 N–H and O–H groups in total. The van der Waals surface area contributed by atoms with Gasteiger partial charge in [0.1, 0.15) is 0 Å². The molecule has 0 bridgehead atoms. The van der Waals surface area contributed by atoms with E-state index in [1.165, 1.54) is 24.3 Å². The number of carboxylic acid groups (broad SMARTS) is 1. The van der Waals surface area contributed by atoms with E-state index in [0.29, 0.717) is 0 Å². The molecule has 8 heteroatoms. The number of carbonyl (C=O) groups is 2. The van der Waals surface area contributed by atoms with Gasteiger partial charge in [-0.05, 0) is 51.3 Å². The fraction of sp³-hybridized carbons (Fsp3) is 0.556. The number of nitrogens with one attached hydrogen (secondary N) is 2. The van der Waals surface area contributed by atoms with Crippen LogP contribution in [0.4, 0.5) is 0 Å². The van der Waals surface area contributed by atoms with Crippen molar-refractivity contribution in [3.63, 3.8) is 0 Å². The summed E-state index contributed by atoms with van der Waals surface area (Å²) in [6.45, 7) is 3.46. The number of aliphatic carboxylic acids is 1. The minimum atomic E-state index is -3.67. The fourth-order valence-electron chi connectivity index (χ4n) is 3.00. The minimum Gasteiger partial charge on any atom is -0.481 e. The lowest BCUT2D eigenvalue weighted by Gasteiger charge is -2.25. The van der Waals surface area contributed by atoms with Crippen molar-refractivity contribution in [2.24, 2.45) is 0 Å². The second-order valence-corrected chi connectivity index (χ2v) is 9.08. The van der Waals surface area contributed by atoms with Gasteiger partial charge in [-0.2, -0.15) is 0 Å². The van der Waals surface area contributed by atoms with Crippen molar-refractivity contribution in [1.29, 1.82) is 0 Å². The van der Waals surface area contributed by atoms with Crippen LogP contribution in [0.15, 0.2) is 29.2 Å². The highest BCUT2D eigenvalue weighted by Crippen LogP contribution is 2.21. The number of carboxylic acids is 1. The molecular weight excluding hydrogens is 356 g/mol. The van der Waals surface area contributed by atoms with Crippen molar-refractivity contribution in [2.45, 2.75) is 68.8 Å². The molecule has 0 atom stereocenters. The minimum absolute atomic E-state index is 0.0487. The first kappa shape index (κ1) is 20.4. The number of carbonyl (C=O) groups excluding carboxylic acids is 1. The average Bonchev–Trinajstić information content (AvgIpc) is 3.05. The van der Waals surface area contributed by atoms with E-state index >= 15 is 0 Å². The van der Waals surface area contributed by atoms with Gasteiger partial charge >= 0.3 is 5.97 Å². The van der Waals surface area contributed by atoms with E-state index in [2.05, 4.69) is 10.0 Å². The first-order chi connectivity index (χ1) is 12.1. The molecule has 1 amide bonds. The number of hydrogen-bond donors (Lipinski definition) is 3. The van der Waals surface area contributed by atoms with Gasteiger partial charge in [0.2, 0.25) is 10.0 Å². The van der Waals surface area contributed by atoms with Gasteiger partial charge in [0.15, 0.2) is 0 Å². The van der Waals surface area contributed by atoms with Gasteiger partial charge in [0.25, 0.3) is 5.91 Å². The van der Waals surface area contributed by atoms with Crippen LogP contribution < -0.4 is 10.0 Å². The number of sulfonamides is 1. The highest BCUT2D eigenvalue weighted by atomic mass is 32.2. The van der Waals surface area contributed by atoms with E-state index in [-0.39, 0.29) is 29.3 Å². The van der Waals surface area contributed by atoms with E-state index < -0.39 is 27.4 Å². The summed E-state index contributed by atoms with van der Waals surface area (Å²) >= 11 is 0. The zero-order chi connectivity index (χ0) is 19.4. The van der Waals surface area contributed by atoms with Gasteiger partial charge in [-0.1, -0.05) is 18.9 Å². The summed E-state index contributed by atoms with van der Waals surface area (Å²) in [5.41, 5.74) is -0.491. The third-order valence-electron chi connectivity index (χ3n) is 4.50. The Hall–Kier alpha value is -1.93. The second kappa shape index (κ2) is 8.18. The van der Waals surface area contributed by atoms with Gasteiger partial charge in [-0.15, -0.1) is 0 Å². The first-order valence-electron chi connectivity index (χ1n) is 8.76. The van der Waals surface area contributed by atoms with Crippen molar-refractivity contribution >= 4 is 21.9 Å². The lowest BCUT2D eigenvalue weighted by molar-refractivity contribution is -0.137. The lowest BCUT2D eigenvalue weighted by atomic mass is 9.98. The molecule has 7 nitrogen and oxygen atoms in total. The quantitative estimate of drug-likeness (QED) is 0.638. The van der Waals surface area contributed by atoms with Crippen LogP contribution in [0.1, 0.15) is 62.7 Å². The van der Waals surface area contributed by atoms with E-state index in [0.717, 1.165) is 25.7 Å². The maximum atomic E-state index is 12.5. The molecule has 1 aromatic rings. The molecule has 2 rings (SSSR count). The van der Waals surface area contributed by atoms with Crippen molar-refractivity contribution in [3.8, 4) is 0 Å². The SMILES string of the molecule is CC(C)(CCC(=O)O)NC(=O)c1cccc(S(=O)(=O)NC2CCCC2)c1. The summed E-state index contributed by atoms with van der Waals surface area (Å²) in [6.07, 6.45) is 3.90. The molecule has 1 aliphatic rings. The molecule has 0 aliphatic heterocycles. The number of rotatable bonds is 8. The van der Waals surface area contributed by atoms with Gasteiger partial charge in [-0.3, -0.25) is 9.59 Å². The Bertz CT molecular complexity index is 768. The Balaban J connectivity index is 2.09. The molecule has 0 aromatic heterocycles. The molecule has 1 saturated carbocycles. The molecule has 1 aliphatic carbocycles. The molecular formula is C18H26N2O5S. The van der Waals surface area contributed by atoms with Crippen LogP contribution in [0.5, 0.6) is 0 Å². The van der Waals surface area contributed by atoms with Crippen LogP contribution in [0.25, 0.3) is 0 Å². The maximum Gasteiger partial charge on any atom is 0.303 e. The summed E-state index contributed by atoms with van der Waals surface area (Å²) in [4.78, 5) is 23.2. The summed E-state index contributed by atoms with van der Waals surface area (Å²) in [5, 5.41) is 11.5. The smallest absolute Gasteiger partial charge is 0.303 e. The molecule has 0 unspecified atom stereocenters. The first-order valence-corrected chi connectivity index (χ1v) is 10.2. The lowest BCUT2D eigenvalue weighted by Crippen LogP contribution is -2.43. The van der Waals surface area contributed by atoms with Crippen molar-refractivity contribution in [3.05, 3.63) is 29.8 Å². The highest BCUT2D eigenvalue weighted by molar-refractivity contribution is 7.89. The number of hydrogen-bond acceptors (Lipinski definition) is 4. The monoisotopic (exact) mass is 382 g/mol. The van der Waals surface area contributed by atoms with Gasteiger partial charge in [0, 0.05) is 23.6 Å². The van der Waals surface area contributed by atoms with E-state index in [9.17, 15) is 18.0 Å². The molecule has 26 heavy (non-hydrogen) atoms. The Kier molecular flexibility index (Phi) is 6.41. The van der Waals surface area contributed by atoms with Crippen molar-refractivity contribution in [2.75, 3.05) is 0 Å². The standard InChI is InChI=1S/C18H26N2O5S/c1-18(2,11-10-16(21)22)19-17(23)13-6-5-9-15(12-13)26(24,25)20-14-7-3-4-8-14/h5-6,9,12,14,20H,3-4,7-8,10-11H2,1-2H3,(H,19,23)(H,21,22). The molecule has 0 radical (unpaired) electrons. The summed E-state index contributed by atoms with van der Waals surface area (Å²) in [7, 11) is -3.67. The van der Waals surface area contributed by atoms with Crippen molar-refractivity contribution in [1.82, 2.24) is 10.0 Å². The van der Waals surface area contributed by atoms with Gasteiger partial charge in [0.05, 0.1) is 4.90 Å². The second-order valence-electron chi connectivity index (χ2n) is 7.36. The van der Waals surface area contributed by atoms with Crippen LogP contribution in [0.3, 0.4) is 0 Å². The zero-order valence-electron chi connectivity index (χ0n) is 15.1. The highest BCUT2D eigenvalue weighted by Gasteiger charge is 2.25.